The largest absolute Gasteiger partial charge is 0.377 e. The Bertz CT molecular complexity index is 1020. The van der Waals surface area contributed by atoms with Gasteiger partial charge in [-0.2, -0.15) is 0 Å². The molecule has 1 amide bonds. The van der Waals surface area contributed by atoms with Crippen LogP contribution in [0.2, 0.25) is 10.0 Å². The highest BCUT2D eigenvalue weighted by atomic mass is 35.5. The van der Waals surface area contributed by atoms with Crippen LogP contribution >= 0.6 is 35.4 Å². The summed E-state index contributed by atoms with van der Waals surface area (Å²) in [5, 5.41) is 6.05. The third-order valence-corrected chi connectivity index (χ3v) is 6.38. The maximum Gasteiger partial charge on any atom is 0.257 e. The number of nitrogens with one attached hydrogen (secondary N) is 3. The monoisotopic (exact) mass is 487 g/mol. The summed E-state index contributed by atoms with van der Waals surface area (Å²) in [4.78, 5) is 12.4. The fourth-order valence-electron chi connectivity index (χ4n) is 2.83. The fourth-order valence-corrected chi connectivity index (χ4v) is 4.63. The molecule has 2 aromatic carbocycles. The number of hydrogen-bond donors (Lipinski definition) is 3. The van der Waals surface area contributed by atoms with Crippen LogP contribution < -0.4 is 15.4 Å². The van der Waals surface area contributed by atoms with Crippen LogP contribution in [0.15, 0.2) is 47.4 Å². The quantitative estimate of drug-likeness (QED) is 0.538. The number of benzene rings is 2. The topological polar surface area (TPSA) is 96.5 Å². The van der Waals surface area contributed by atoms with Crippen molar-refractivity contribution in [3.63, 3.8) is 0 Å². The van der Waals surface area contributed by atoms with Crippen LogP contribution in [0.5, 0.6) is 0 Å². The summed E-state index contributed by atoms with van der Waals surface area (Å²) in [7, 11) is -3.64. The molecule has 1 fully saturated rings. The zero-order valence-electron chi connectivity index (χ0n) is 15.7. The van der Waals surface area contributed by atoms with E-state index in [2.05, 4.69) is 15.4 Å². The van der Waals surface area contributed by atoms with Crippen LogP contribution in [0.25, 0.3) is 0 Å². The van der Waals surface area contributed by atoms with Gasteiger partial charge < -0.3 is 10.1 Å². The summed E-state index contributed by atoms with van der Waals surface area (Å²) in [6.45, 7) is 0.902. The predicted octanol–water partition coefficient (Wildman–Crippen LogP) is 3.58. The van der Waals surface area contributed by atoms with Crippen molar-refractivity contribution in [1.82, 2.24) is 10.0 Å². The van der Waals surface area contributed by atoms with Gasteiger partial charge in [0.25, 0.3) is 5.91 Å². The Morgan fingerprint density at radius 2 is 1.80 bits per heavy atom. The molecule has 3 rings (SSSR count). The zero-order chi connectivity index (χ0) is 21.7. The van der Waals surface area contributed by atoms with Gasteiger partial charge in [0.15, 0.2) is 5.11 Å². The maximum atomic E-state index is 12.4. The van der Waals surface area contributed by atoms with E-state index in [0.29, 0.717) is 22.3 Å². The van der Waals surface area contributed by atoms with Gasteiger partial charge in [0.05, 0.1) is 11.0 Å². The molecule has 11 heteroatoms. The molecular weight excluding hydrogens is 469 g/mol. The number of hydrogen-bond acceptors (Lipinski definition) is 5. The van der Waals surface area contributed by atoms with Gasteiger partial charge in [-0.3, -0.25) is 10.1 Å². The number of anilines is 1. The highest BCUT2D eigenvalue weighted by molar-refractivity contribution is 7.89. The molecule has 1 aliphatic rings. The summed E-state index contributed by atoms with van der Waals surface area (Å²) >= 11 is 16.9. The second-order valence-electron chi connectivity index (χ2n) is 6.58. The summed E-state index contributed by atoms with van der Waals surface area (Å²) in [6, 6.07) is 10.4. The molecule has 0 saturated carbocycles. The average Bonchev–Trinajstić information content (AvgIpc) is 3.20. The molecular formula is C19H19Cl2N3O4S2. The van der Waals surface area contributed by atoms with E-state index in [-0.39, 0.29) is 28.2 Å². The SMILES string of the molecule is O=C(NC(=S)Nc1ccc(S(=O)(=O)NCC2CCCO2)cc1)c1cc(Cl)cc(Cl)c1. The Balaban J connectivity index is 1.56. The summed E-state index contributed by atoms with van der Waals surface area (Å²) in [5.41, 5.74) is 0.776. The normalized spacial score (nSPS) is 16.3. The third-order valence-electron chi connectivity index (χ3n) is 4.30. The number of amides is 1. The van der Waals surface area contributed by atoms with E-state index < -0.39 is 15.9 Å². The first-order valence-electron chi connectivity index (χ1n) is 9.03. The highest BCUT2D eigenvalue weighted by Gasteiger charge is 2.20. The number of thiocarbonyl (C=S) groups is 1. The van der Waals surface area contributed by atoms with Crippen LogP contribution in [0.1, 0.15) is 23.2 Å². The number of sulfonamides is 1. The van der Waals surface area contributed by atoms with E-state index in [9.17, 15) is 13.2 Å². The molecule has 0 bridgehead atoms. The first-order valence-corrected chi connectivity index (χ1v) is 11.7. The van der Waals surface area contributed by atoms with E-state index in [1.54, 1.807) is 12.1 Å². The van der Waals surface area contributed by atoms with E-state index in [0.717, 1.165) is 12.8 Å². The fraction of sp³-hybridized carbons (Fsp3) is 0.263. The van der Waals surface area contributed by atoms with Crippen molar-refractivity contribution >= 4 is 62.2 Å². The molecule has 30 heavy (non-hydrogen) atoms. The van der Waals surface area contributed by atoms with Crippen LogP contribution in [0.3, 0.4) is 0 Å². The van der Waals surface area contributed by atoms with Gasteiger partial charge in [-0.25, -0.2) is 13.1 Å². The van der Waals surface area contributed by atoms with Gasteiger partial charge in [0.2, 0.25) is 10.0 Å². The molecule has 1 unspecified atom stereocenters. The average molecular weight is 488 g/mol. The molecule has 1 atom stereocenters. The minimum atomic E-state index is -3.64. The van der Waals surface area contributed by atoms with Crippen molar-refractivity contribution in [3.05, 3.63) is 58.1 Å². The first-order chi connectivity index (χ1) is 14.2. The van der Waals surface area contributed by atoms with Crippen LogP contribution in [0.4, 0.5) is 5.69 Å². The second kappa shape index (κ2) is 10.0. The Morgan fingerprint density at radius 1 is 1.13 bits per heavy atom. The zero-order valence-corrected chi connectivity index (χ0v) is 18.8. The van der Waals surface area contributed by atoms with Crippen molar-refractivity contribution < 1.29 is 17.9 Å². The molecule has 1 aliphatic heterocycles. The number of halogens is 2. The number of ether oxygens (including phenoxy) is 1. The van der Waals surface area contributed by atoms with Gasteiger partial charge in [-0.1, -0.05) is 23.2 Å². The molecule has 2 aromatic rings. The molecule has 7 nitrogen and oxygen atoms in total. The van der Waals surface area contributed by atoms with Gasteiger partial charge >= 0.3 is 0 Å². The Labute approximate surface area is 190 Å². The lowest BCUT2D eigenvalue weighted by atomic mass is 10.2. The Morgan fingerprint density at radius 3 is 2.40 bits per heavy atom. The Hall–Kier alpha value is -1.75. The second-order valence-corrected chi connectivity index (χ2v) is 9.63. The molecule has 0 radical (unpaired) electrons. The summed E-state index contributed by atoms with van der Waals surface area (Å²) in [5.74, 6) is -0.477. The number of carbonyl (C=O) groups is 1. The summed E-state index contributed by atoms with van der Waals surface area (Å²) < 4.78 is 32.8. The molecule has 0 aliphatic carbocycles. The maximum absolute atomic E-state index is 12.4. The van der Waals surface area contributed by atoms with Gasteiger partial charge in [-0.15, -0.1) is 0 Å². The van der Waals surface area contributed by atoms with Crippen molar-refractivity contribution in [2.75, 3.05) is 18.5 Å². The third kappa shape index (κ3) is 6.37. The van der Waals surface area contributed by atoms with E-state index in [1.807, 2.05) is 0 Å². The lowest BCUT2D eigenvalue weighted by Gasteiger charge is -2.13. The number of carbonyl (C=O) groups excluding carboxylic acids is 1. The molecule has 1 heterocycles. The van der Waals surface area contributed by atoms with Gasteiger partial charge in [0.1, 0.15) is 0 Å². The first kappa shape index (κ1) is 22.9. The lowest BCUT2D eigenvalue weighted by molar-refractivity contribution is 0.0977. The molecule has 160 valence electrons. The van der Waals surface area contributed by atoms with Crippen molar-refractivity contribution in [3.8, 4) is 0 Å². The molecule has 1 saturated heterocycles. The predicted molar refractivity (Wildman–Crippen MR) is 121 cm³/mol. The van der Waals surface area contributed by atoms with E-state index in [4.69, 9.17) is 40.2 Å². The van der Waals surface area contributed by atoms with Gasteiger partial charge in [-0.05, 0) is 67.5 Å². The van der Waals surface area contributed by atoms with E-state index >= 15 is 0 Å². The lowest BCUT2D eigenvalue weighted by Crippen LogP contribution is -2.34. The van der Waals surface area contributed by atoms with Crippen LogP contribution in [-0.4, -0.2) is 38.7 Å². The van der Waals surface area contributed by atoms with Crippen molar-refractivity contribution in [2.24, 2.45) is 0 Å². The van der Waals surface area contributed by atoms with Crippen LogP contribution in [0, 0.1) is 0 Å². The standard InChI is InChI=1S/C19H19Cl2N3O4S2/c20-13-8-12(9-14(21)10-13)18(25)24-19(29)23-15-3-5-17(6-4-15)30(26,27)22-11-16-2-1-7-28-16/h3-6,8-10,16,22H,1-2,7,11H2,(H2,23,24,25,29). The molecule has 0 spiro atoms. The van der Waals surface area contributed by atoms with E-state index in [1.165, 1.54) is 30.3 Å². The van der Waals surface area contributed by atoms with Crippen molar-refractivity contribution in [2.45, 2.75) is 23.8 Å². The highest BCUT2D eigenvalue weighted by Crippen LogP contribution is 2.19. The van der Waals surface area contributed by atoms with Crippen molar-refractivity contribution in [1.29, 1.82) is 0 Å². The smallest absolute Gasteiger partial charge is 0.257 e. The molecule has 0 aromatic heterocycles. The molecule has 3 N–H and O–H groups in total. The Kier molecular flexibility index (Phi) is 7.67. The summed E-state index contributed by atoms with van der Waals surface area (Å²) in [6.07, 6.45) is 1.69. The number of rotatable bonds is 6. The van der Waals surface area contributed by atoms with Gasteiger partial charge in [0, 0.05) is 34.4 Å². The minimum absolute atomic E-state index is 0.0446. The van der Waals surface area contributed by atoms with Crippen LogP contribution in [-0.2, 0) is 14.8 Å². The minimum Gasteiger partial charge on any atom is -0.377 e.